The fraction of sp³-hybridized carbons (Fsp3) is 0.462. The van der Waals surface area contributed by atoms with Gasteiger partial charge in [0.05, 0.1) is 30.6 Å². The maximum absolute atomic E-state index is 12.2. The third-order valence-corrected chi connectivity index (χ3v) is 3.41. The number of nitrogens with two attached hydrogens (primary N) is 1. The first-order valence-corrected chi connectivity index (χ1v) is 6.44. The van der Waals surface area contributed by atoms with E-state index in [1.807, 2.05) is 13.8 Å². The van der Waals surface area contributed by atoms with Crippen molar-refractivity contribution < 1.29 is 14.3 Å². The van der Waals surface area contributed by atoms with Gasteiger partial charge in [0.25, 0.3) is 5.91 Å². The minimum atomic E-state index is -0.599. The van der Waals surface area contributed by atoms with Crippen molar-refractivity contribution in [3.63, 3.8) is 0 Å². The van der Waals surface area contributed by atoms with Crippen LogP contribution in [0.4, 0.5) is 10.5 Å². The molecule has 2 heterocycles. The Hall–Kier alpha value is -2.15. The first-order valence-electron chi connectivity index (χ1n) is 6.44. The lowest BCUT2D eigenvalue weighted by atomic mass is 10.1. The molecule has 7 heteroatoms. The third-order valence-electron chi connectivity index (χ3n) is 3.41. The SMILES string of the molecule is CC1OCCN(C(=O)Nc2ccc(C(N)=O)nc2)C1C. The van der Waals surface area contributed by atoms with Gasteiger partial charge in [-0.15, -0.1) is 0 Å². The number of ether oxygens (including phenoxy) is 1. The van der Waals surface area contributed by atoms with Crippen molar-refractivity contribution in [3.05, 3.63) is 24.0 Å². The van der Waals surface area contributed by atoms with E-state index in [2.05, 4.69) is 10.3 Å². The minimum Gasteiger partial charge on any atom is -0.375 e. The number of hydrogen-bond acceptors (Lipinski definition) is 4. The standard InChI is InChI=1S/C13H18N4O3/c1-8-9(2)20-6-5-17(8)13(19)16-10-3-4-11(12(14)18)15-7-10/h3-4,7-9H,5-6H2,1-2H3,(H2,14,18)(H,16,19). The minimum absolute atomic E-state index is 0.00148. The summed E-state index contributed by atoms with van der Waals surface area (Å²) < 4.78 is 5.48. The van der Waals surface area contributed by atoms with E-state index in [0.717, 1.165) is 0 Å². The van der Waals surface area contributed by atoms with Gasteiger partial charge in [-0.1, -0.05) is 0 Å². The van der Waals surface area contributed by atoms with Gasteiger partial charge in [0, 0.05) is 6.54 Å². The van der Waals surface area contributed by atoms with Gasteiger partial charge in [-0.2, -0.15) is 0 Å². The summed E-state index contributed by atoms with van der Waals surface area (Å²) in [6.07, 6.45) is 1.41. The molecule has 1 aromatic heterocycles. The number of hydrogen-bond donors (Lipinski definition) is 2. The zero-order chi connectivity index (χ0) is 14.7. The fourth-order valence-electron chi connectivity index (χ4n) is 2.03. The zero-order valence-electron chi connectivity index (χ0n) is 11.5. The molecule has 0 radical (unpaired) electrons. The average Bonchev–Trinajstić information content (AvgIpc) is 2.42. The summed E-state index contributed by atoms with van der Waals surface area (Å²) in [6.45, 7) is 4.95. The van der Waals surface area contributed by atoms with Crippen LogP contribution in [0, 0.1) is 0 Å². The third kappa shape index (κ3) is 3.05. The maximum Gasteiger partial charge on any atom is 0.322 e. The Bertz CT molecular complexity index is 503. The van der Waals surface area contributed by atoms with Gasteiger partial charge < -0.3 is 20.7 Å². The predicted molar refractivity (Wildman–Crippen MR) is 73.4 cm³/mol. The van der Waals surface area contributed by atoms with Gasteiger partial charge in [-0.05, 0) is 26.0 Å². The van der Waals surface area contributed by atoms with Gasteiger partial charge in [-0.25, -0.2) is 9.78 Å². The van der Waals surface area contributed by atoms with Crippen LogP contribution in [0.15, 0.2) is 18.3 Å². The normalized spacial score (nSPS) is 22.4. The highest BCUT2D eigenvalue weighted by atomic mass is 16.5. The van der Waals surface area contributed by atoms with Gasteiger partial charge >= 0.3 is 6.03 Å². The Kier molecular flexibility index (Phi) is 4.19. The summed E-state index contributed by atoms with van der Waals surface area (Å²) in [7, 11) is 0. The van der Waals surface area contributed by atoms with Crippen LogP contribution in [0.2, 0.25) is 0 Å². The van der Waals surface area contributed by atoms with E-state index in [0.29, 0.717) is 18.8 Å². The molecule has 2 unspecified atom stereocenters. The molecule has 2 rings (SSSR count). The molecule has 0 aliphatic carbocycles. The van der Waals surface area contributed by atoms with Crippen LogP contribution in [0.1, 0.15) is 24.3 Å². The number of morpholine rings is 1. The lowest BCUT2D eigenvalue weighted by molar-refractivity contribution is -0.0355. The summed E-state index contributed by atoms with van der Waals surface area (Å²) in [5.41, 5.74) is 5.79. The van der Waals surface area contributed by atoms with E-state index >= 15 is 0 Å². The molecule has 7 nitrogen and oxygen atoms in total. The van der Waals surface area contributed by atoms with Crippen LogP contribution in [-0.2, 0) is 4.74 Å². The number of primary amides is 1. The van der Waals surface area contributed by atoms with E-state index in [4.69, 9.17) is 10.5 Å². The molecule has 0 bridgehead atoms. The number of urea groups is 1. The molecule has 0 saturated carbocycles. The Labute approximate surface area is 117 Å². The Morgan fingerprint density at radius 1 is 1.45 bits per heavy atom. The molecule has 108 valence electrons. The van der Waals surface area contributed by atoms with E-state index in [1.54, 1.807) is 11.0 Å². The van der Waals surface area contributed by atoms with Crippen LogP contribution >= 0.6 is 0 Å². The van der Waals surface area contributed by atoms with Crippen LogP contribution in [0.3, 0.4) is 0 Å². The van der Waals surface area contributed by atoms with Crippen LogP contribution < -0.4 is 11.1 Å². The van der Waals surface area contributed by atoms with Crippen molar-refractivity contribution in [2.45, 2.75) is 26.0 Å². The first kappa shape index (κ1) is 14.3. The smallest absolute Gasteiger partial charge is 0.322 e. The summed E-state index contributed by atoms with van der Waals surface area (Å²) in [5, 5.41) is 2.75. The van der Waals surface area contributed by atoms with E-state index in [9.17, 15) is 9.59 Å². The van der Waals surface area contributed by atoms with E-state index < -0.39 is 5.91 Å². The summed E-state index contributed by atoms with van der Waals surface area (Å²) >= 11 is 0. The first-order chi connectivity index (χ1) is 9.49. The number of carbonyl (C=O) groups is 2. The highest BCUT2D eigenvalue weighted by molar-refractivity contribution is 5.92. The molecule has 0 aromatic carbocycles. The molecule has 1 aliphatic rings. The Balaban J connectivity index is 2.02. The molecule has 3 amide bonds. The van der Waals surface area contributed by atoms with Crippen molar-refractivity contribution in [1.82, 2.24) is 9.88 Å². The quantitative estimate of drug-likeness (QED) is 0.837. The average molecular weight is 278 g/mol. The van der Waals surface area contributed by atoms with Crippen LogP contribution in [0.25, 0.3) is 0 Å². The summed E-state index contributed by atoms with van der Waals surface area (Å²) in [6, 6.07) is 2.87. The van der Waals surface area contributed by atoms with Gasteiger partial charge in [0.1, 0.15) is 5.69 Å². The molecule has 0 spiro atoms. The molecule has 1 aromatic rings. The highest BCUT2D eigenvalue weighted by Crippen LogP contribution is 2.15. The van der Waals surface area contributed by atoms with Gasteiger partial charge in [0.15, 0.2) is 0 Å². The number of pyridine rings is 1. The highest BCUT2D eigenvalue weighted by Gasteiger charge is 2.29. The van der Waals surface area contributed by atoms with E-state index in [-0.39, 0.29) is 23.9 Å². The lowest BCUT2D eigenvalue weighted by Gasteiger charge is -2.37. The molecule has 3 N–H and O–H groups in total. The zero-order valence-corrected chi connectivity index (χ0v) is 11.5. The Morgan fingerprint density at radius 2 is 2.20 bits per heavy atom. The number of rotatable bonds is 2. The van der Waals surface area contributed by atoms with Gasteiger partial charge in [0.2, 0.25) is 0 Å². The largest absolute Gasteiger partial charge is 0.375 e. The van der Waals surface area contributed by atoms with E-state index in [1.165, 1.54) is 12.3 Å². The number of amides is 3. The number of aromatic nitrogens is 1. The van der Waals surface area contributed by atoms with Crippen molar-refractivity contribution in [3.8, 4) is 0 Å². The second-order valence-electron chi connectivity index (χ2n) is 4.74. The number of carbonyl (C=O) groups excluding carboxylic acids is 2. The maximum atomic E-state index is 12.2. The van der Waals surface area contributed by atoms with Crippen LogP contribution in [0.5, 0.6) is 0 Å². The van der Waals surface area contributed by atoms with Crippen molar-refractivity contribution in [2.75, 3.05) is 18.5 Å². The molecule has 20 heavy (non-hydrogen) atoms. The molecule has 2 atom stereocenters. The van der Waals surface area contributed by atoms with Gasteiger partial charge in [-0.3, -0.25) is 4.79 Å². The number of anilines is 1. The topological polar surface area (TPSA) is 97.5 Å². The molecule has 1 aliphatic heterocycles. The van der Waals surface area contributed by atoms with Crippen LogP contribution in [-0.4, -0.2) is 47.1 Å². The fourth-order valence-corrected chi connectivity index (χ4v) is 2.03. The van der Waals surface area contributed by atoms with Crippen molar-refractivity contribution >= 4 is 17.6 Å². The van der Waals surface area contributed by atoms with Crippen molar-refractivity contribution in [2.24, 2.45) is 5.73 Å². The van der Waals surface area contributed by atoms with Crippen molar-refractivity contribution in [1.29, 1.82) is 0 Å². The summed E-state index contributed by atoms with van der Waals surface area (Å²) in [4.78, 5) is 28.7. The second kappa shape index (κ2) is 5.87. The Morgan fingerprint density at radius 3 is 2.80 bits per heavy atom. The number of nitrogens with one attached hydrogen (secondary N) is 1. The molecular formula is C13H18N4O3. The molecular weight excluding hydrogens is 260 g/mol. The lowest BCUT2D eigenvalue weighted by Crippen LogP contribution is -2.52. The summed E-state index contributed by atoms with van der Waals surface area (Å²) in [5.74, 6) is -0.599. The monoisotopic (exact) mass is 278 g/mol. The molecule has 1 saturated heterocycles. The predicted octanol–water partition coefficient (Wildman–Crippen LogP) is 0.822. The molecule has 1 fully saturated rings. The second-order valence-corrected chi connectivity index (χ2v) is 4.74. The number of nitrogens with zero attached hydrogens (tertiary/aromatic N) is 2.